The molecular formula is C19H22N6O2. The van der Waals surface area contributed by atoms with Gasteiger partial charge in [0.2, 0.25) is 5.88 Å². The number of aryl methyl sites for hydroxylation is 1. The molecule has 0 aliphatic rings. The van der Waals surface area contributed by atoms with E-state index in [9.17, 15) is 4.79 Å². The molecule has 0 saturated heterocycles. The molecule has 3 aromatic rings. The molecule has 0 aliphatic heterocycles. The fraction of sp³-hybridized carbons (Fsp3) is 0.263. The van der Waals surface area contributed by atoms with Gasteiger partial charge in [0.1, 0.15) is 6.61 Å². The molecule has 1 amide bonds. The number of benzene rings is 1. The fourth-order valence-corrected chi connectivity index (χ4v) is 2.66. The number of nitrogens with two attached hydrogens (primary N) is 1. The van der Waals surface area contributed by atoms with Crippen molar-refractivity contribution in [2.24, 2.45) is 0 Å². The lowest BCUT2D eigenvalue weighted by Crippen LogP contribution is -2.26. The van der Waals surface area contributed by atoms with Crippen molar-refractivity contribution in [2.45, 2.75) is 13.5 Å². The van der Waals surface area contributed by atoms with Crippen LogP contribution in [0.2, 0.25) is 0 Å². The van der Waals surface area contributed by atoms with Gasteiger partial charge in [-0.1, -0.05) is 18.2 Å². The number of likely N-dealkylation sites (N-methyl/N-ethyl adjacent to an activating group) is 1. The topological polar surface area (TPSA) is 115 Å². The Hall–Kier alpha value is -3.26. The smallest absolute Gasteiger partial charge is 0.273 e. The highest BCUT2D eigenvalue weighted by Gasteiger charge is 2.15. The van der Waals surface area contributed by atoms with E-state index in [1.54, 1.807) is 0 Å². The summed E-state index contributed by atoms with van der Waals surface area (Å²) in [5, 5.41) is 6.83. The van der Waals surface area contributed by atoms with E-state index in [0.29, 0.717) is 19.0 Å². The van der Waals surface area contributed by atoms with Gasteiger partial charge in [0.25, 0.3) is 5.91 Å². The van der Waals surface area contributed by atoms with E-state index >= 15 is 0 Å². The normalized spacial score (nSPS) is 10.7. The third kappa shape index (κ3) is 4.29. The van der Waals surface area contributed by atoms with Crippen LogP contribution in [0.4, 0.5) is 5.82 Å². The van der Waals surface area contributed by atoms with Crippen LogP contribution < -0.4 is 21.1 Å². The van der Waals surface area contributed by atoms with E-state index in [4.69, 9.17) is 10.5 Å². The standard InChI is InChI=1S/C19H22N6O2/c1-12-4-3-5-13-10-14(19(25-15(12)13)27-9-8-21-2)11-24-18(26)16-17(20)23-7-6-22-16/h3-7,10,21H,8-9,11H2,1-2H3,(H2,20,23)(H,24,26). The Labute approximate surface area is 157 Å². The number of carbonyl (C=O) groups excluding carboxylic acids is 1. The molecule has 8 nitrogen and oxygen atoms in total. The zero-order valence-electron chi connectivity index (χ0n) is 15.3. The Morgan fingerprint density at radius 3 is 2.85 bits per heavy atom. The molecular weight excluding hydrogens is 344 g/mol. The van der Waals surface area contributed by atoms with E-state index in [2.05, 4.69) is 25.6 Å². The number of para-hydroxylation sites is 1. The number of carbonyl (C=O) groups is 1. The number of nitrogen functional groups attached to an aromatic ring is 1. The number of rotatable bonds is 7. The number of hydrogen-bond donors (Lipinski definition) is 3. The molecule has 2 aromatic heterocycles. The number of anilines is 1. The lowest BCUT2D eigenvalue weighted by molar-refractivity contribution is 0.0946. The number of aromatic nitrogens is 3. The van der Waals surface area contributed by atoms with Gasteiger partial charge in [0.05, 0.1) is 5.52 Å². The van der Waals surface area contributed by atoms with Crippen molar-refractivity contribution in [2.75, 3.05) is 25.9 Å². The molecule has 2 heterocycles. The molecule has 1 aromatic carbocycles. The molecule has 0 aliphatic carbocycles. The number of pyridine rings is 1. The van der Waals surface area contributed by atoms with Crippen molar-refractivity contribution >= 4 is 22.6 Å². The average molecular weight is 366 g/mol. The third-order valence-electron chi connectivity index (χ3n) is 4.06. The van der Waals surface area contributed by atoms with Crippen molar-refractivity contribution in [1.29, 1.82) is 0 Å². The minimum absolute atomic E-state index is 0.0905. The van der Waals surface area contributed by atoms with Gasteiger partial charge in [-0.3, -0.25) is 4.79 Å². The van der Waals surface area contributed by atoms with Gasteiger partial charge in [0.15, 0.2) is 11.5 Å². The molecule has 0 unspecified atom stereocenters. The summed E-state index contributed by atoms with van der Waals surface area (Å²) < 4.78 is 5.82. The highest BCUT2D eigenvalue weighted by atomic mass is 16.5. The SMILES string of the molecule is CNCCOc1nc2c(C)cccc2cc1CNC(=O)c1nccnc1N. The number of nitrogens with zero attached hydrogens (tertiary/aromatic N) is 3. The Kier molecular flexibility index (Phi) is 5.77. The van der Waals surface area contributed by atoms with Crippen LogP contribution in [0.15, 0.2) is 36.7 Å². The van der Waals surface area contributed by atoms with E-state index in [1.165, 1.54) is 12.4 Å². The zero-order chi connectivity index (χ0) is 19.2. The summed E-state index contributed by atoms with van der Waals surface area (Å²) in [5.74, 6) is 0.193. The largest absolute Gasteiger partial charge is 0.476 e. The first-order valence-corrected chi connectivity index (χ1v) is 8.61. The number of nitrogens with one attached hydrogen (secondary N) is 2. The monoisotopic (exact) mass is 366 g/mol. The molecule has 0 radical (unpaired) electrons. The van der Waals surface area contributed by atoms with Crippen molar-refractivity contribution in [3.05, 3.63) is 53.5 Å². The summed E-state index contributed by atoms with van der Waals surface area (Å²) in [7, 11) is 1.85. The summed E-state index contributed by atoms with van der Waals surface area (Å²) in [6.45, 7) is 3.40. The van der Waals surface area contributed by atoms with E-state index < -0.39 is 5.91 Å². The summed E-state index contributed by atoms with van der Waals surface area (Å²) in [6, 6.07) is 7.94. The summed E-state index contributed by atoms with van der Waals surface area (Å²) >= 11 is 0. The third-order valence-corrected chi connectivity index (χ3v) is 4.06. The Bertz CT molecular complexity index is 960. The van der Waals surface area contributed by atoms with Gasteiger partial charge in [-0.2, -0.15) is 0 Å². The highest BCUT2D eigenvalue weighted by Crippen LogP contribution is 2.24. The second-order valence-corrected chi connectivity index (χ2v) is 6.02. The van der Waals surface area contributed by atoms with E-state index in [1.807, 2.05) is 38.2 Å². The first-order valence-electron chi connectivity index (χ1n) is 8.61. The second kappa shape index (κ2) is 8.41. The molecule has 4 N–H and O–H groups in total. The molecule has 27 heavy (non-hydrogen) atoms. The lowest BCUT2D eigenvalue weighted by atomic mass is 10.1. The number of amides is 1. The summed E-state index contributed by atoms with van der Waals surface area (Å²) in [5.41, 5.74) is 8.53. The van der Waals surface area contributed by atoms with Gasteiger partial charge < -0.3 is 21.1 Å². The van der Waals surface area contributed by atoms with Crippen molar-refractivity contribution in [1.82, 2.24) is 25.6 Å². The van der Waals surface area contributed by atoms with Gasteiger partial charge in [-0.25, -0.2) is 15.0 Å². The molecule has 0 spiro atoms. The average Bonchev–Trinajstić information content (AvgIpc) is 2.67. The van der Waals surface area contributed by atoms with Crippen molar-refractivity contribution < 1.29 is 9.53 Å². The van der Waals surface area contributed by atoms with Crippen LogP contribution >= 0.6 is 0 Å². The number of hydrogen-bond acceptors (Lipinski definition) is 7. The first kappa shape index (κ1) is 18.5. The van der Waals surface area contributed by atoms with Crippen LogP contribution in [0.3, 0.4) is 0 Å². The van der Waals surface area contributed by atoms with Gasteiger partial charge in [0, 0.05) is 36.4 Å². The quantitative estimate of drug-likeness (QED) is 0.542. The van der Waals surface area contributed by atoms with Crippen LogP contribution in [-0.4, -0.2) is 41.1 Å². The molecule has 8 heteroatoms. The van der Waals surface area contributed by atoms with E-state index in [-0.39, 0.29) is 18.1 Å². The van der Waals surface area contributed by atoms with E-state index in [0.717, 1.165) is 22.0 Å². The minimum Gasteiger partial charge on any atom is -0.476 e. The minimum atomic E-state index is -0.397. The Balaban J connectivity index is 1.86. The zero-order valence-corrected chi connectivity index (χ0v) is 15.3. The lowest BCUT2D eigenvalue weighted by Gasteiger charge is -2.14. The highest BCUT2D eigenvalue weighted by molar-refractivity contribution is 5.96. The number of ether oxygens (including phenoxy) is 1. The Morgan fingerprint density at radius 1 is 1.26 bits per heavy atom. The maximum Gasteiger partial charge on any atom is 0.273 e. The van der Waals surface area contributed by atoms with Gasteiger partial charge in [-0.05, 0) is 25.6 Å². The molecule has 3 rings (SSSR count). The summed E-state index contributed by atoms with van der Waals surface area (Å²) in [4.78, 5) is 24.9. The molecule has 0 saturated carbocycles. The van der Waals surface area contributed by atoms with Crippen LogP contribution in [0.25, 0.3) is 10.9 Å². The molecule has 0 bridgehead atoms. The summed E-state index contributed by atoms with van der Waals surface area (Å²) in [6.07, 6.45) is 2.87. The number of fused-ring (bicyclic) bond motifs is 1. The van der Waals surface area contributed by atoms with Crippen LogP contribution in [0.5, 0.6) is 5.88 Å². The second-order valence-electron chi connectivity index (χ2n) is 6.02. The maximum atomic E-state index is 12.4. The fourth-order valence-electron chi connectivity index (χ4n) is 2.66. The molecule has 0 fully saturated rings. The predicted octanol–water partition coefficient (Wildman–Crippen LogP) is 1.44. The maximum absolute atomic E-state index is 12.4. The predicted molar refractivity (Wildman–Crippen MR) is 104 cm³/mol. The first-order chi connectivity index (χ1) is 13.1. The molecule has 140 valence electrons. The van der Waals surface area contributed by atoms with Crippen LogP contribution in [0.1, 0.15) is 21.6 Å². The molecule has 0 atom stereocenters. The van der Waals surface area contributed by atoms with Gasteiger partial charge >= 0.3 is 0 Å². The van der Waals surface area contributed by atoms with Crippen molar-refractivity contribution in [3.8, 4) is 5.88 Å². The van der Waals surface area contributed by atoms with Crippen molar-refractivity contribution in [3.63, 3.8) is 0 Å². The van der Waals surface area contributed by atoms with Crippen LogP contribution in [-0.2, 0) is 6.54 Å². The van der Waals surface area contributed by atoms with Crippen LogP contribution in [0, 0.1) is 6.92 Å². The Morgan fingerprint density at radius 2 is 2.07 bits per heavy atom. The van der Waals surface area contributed by atoms with Gasteiger partial charge in [-0.15, -0.1) is 0 Å².